The number of carbonyl (C=O) groups excluding carboxylic acids is 1. The van der Waals surface area contributed by atoms with Gasteiger partial charge in [-0.25, -0.2) is 0 Å². The number of fused-ring (bicyclic) bond motifs is 1. The van der Waals surface area contributed by atoms with Crippen molar-refractivity contribution in [3.8, 4) is 0 Å². The lowest BCUT2D eigenvalue weighted by Crippen LogP contribution is -2.46. The predicted molar refractivity (Wildman–Crippen MR) is 82.6 cm³/mol. The van der Waals surface area contributed by atoms with Crippen LogP contribution in [0.15, 0.2) is 24.3 Å². The van der Waals surface area contributed by atoms with Crippen LogP contribution in [0.5, 0.6) is 0 Å². The first kappa shape index (κ1) is 15.0. The van der Waals surface area contributed by atoms with E-state index in [9.17, 15) is 4.79 Å². The lowest BCUT2D eigenvalue weighted by atomic mass is 10.1. The Bertz CT molecular complexity index is 458. The molecule has 0 saturated carbocycles. The summed E-state index contributed by atoms with van der Waals surface area (Å²) in [5.74, 6) is 0.107. The van der Waals surface area contributed by atoms with Gasteiger partial charge in [-0.05, 0) is 44.2 Å². The van der Waals surface area contributed by atoms with E-state index in [-0.39, 0.29) is 18.0 Å². The second-order valence-corrected chi connectivity index (χ2v) is 5.88. The van der Waals surface area contributed by atoms with Gasteiger partial charge in [-0.1, -0.05) is 37.6 Å². The van der Waals surface area contributed by atoms with Gasteiger partial charge in [-0.15, -0.1) is 0 Å². The van der Waals surface area contributed by atoms with Crippen molar-refractivity contribution in [3.05, 3.63) is 35.4 Å². The maximum atomic E-state index is 12.2. The molecule has 1 aromatic carbocycles. The van der Waals surface area contributed by atoms with E-state index in [1.54, 1.807) is 0 Å². The molecule has 0 radical (unpaired) electrons. The van der Waals surface area contributed by atoms with Gasteiger partial charge in [0, 0.05) is 12.1 Å². The average Bonchev–Trinajstić information content (AvgIpc) is 2.82. The number of carbonyl (C=O) groups is 1. The summed E-state index contributed by atoms with van der Waals surface area (Å²) in [7, 11) is 0. The molecule has 0 bridgehead atoms. The maximum absolute atomic E-state index is 12.2. The van der Waals surface area contributed by atoms with E-state index in [1.165, 1.54) is 11.1 Å². The Morgan fingerprint density at radius 2 is 2.10 bits per heavy atom. The summed E-state index contributed by atoms with van der Waals surface area (Å²) in [5, 5.41) is 6.55. The van der Waals surface area contributed by atoms with Crippen LogP contribution in [0.4, 0.5) is 0 Å². The Kier molecular flexibility index (Phi) is 5.18. The third kappa shape index (κ3) is 3.60. The fourth-order valence-corrected chi connectivity index (χ4v) is 2.98. The average molecular weight is 274 g/mol. The molecule has 2 N–H and O–H groups in total. The van der Waals surface area contributed by atoms with E-state index >= 15 is 0 Å². The number of rotatable bonds is 6. The Labute approximate surface area is 122 Å². The van der Waals surface area contributed by atoms with Crippen LogP contribution in [0.3, 0.4) is 0 Å². The molecule has 1 aliphatic rings. The van der Waals surface area contributed by atoms with Crippen molar-refractivity contribution < 1.29 is 4.79 Å². The van der Waals surface area contributed by atoms with Gasteiger partial charge in [-0.3, -0.25) is 10.1 Å². The minimum absolute atomic E-state index is 0.107. The topological polar surface area (TPSA) is 41.1 Å². The van der Waals surface area contributed by atoms with Gasteiger partial charge in [0.05, 0.1) is 6.04 Å². The standard InChI is InChI=1S/C17H26N2O/c1-4-7-12(2)18-17(20)13(3)19-16-11-10-14-8-5-6-9-15(14)16/h5-6,8-9,12-13,16,19H,4,7,10-11H2,1-3H3,(H,18,20). The summed E-state index contributed by atoms with van der Waals surface area (Å²) in [5.41, 5.74) is 2.77. The molecule has 1 aliphatic carbocycles. The molecule has 1 aromatic rings. The van der Waals surface area contributed by atoms with Crippen LogP contribution in [0.2, 0.25) is 0 Å². The van der Waals surface area contributed by atoms with Crippen molar-refractivity contribution in [2.24, 2.45) is 0 Å². The van der Waals surface area contributed by atoms with Gasteiger partial charge in [0.15, 0.2) is 0 Å². The number of amides is 1. The first-order chi connectivity index (χ1) is 9.61. The zero-order valence-electron chi connectivity index (χ0n) is 12.8. The van der Waals surface area contributed by atoms with Crippen molar-refractivity contribution >= 4 is 5.91 Å². The number of hydrogen-bond acceptors (Lipinski definition) is 2. The van der Waals surface area contributed by atoms with Crippen molar-refractivity contribution in [3.63, 3.8) is 0 Å². The normalized spacial score (nSPS) is 20.2. The first-order valence-corrected chi connectivity index (χ1v) is 7.76. The summed E-state index contributed by atoms with van der Waals surface area (Å²) in [6, 6.07) is 8.94. The minimum Gasteiger partial charge on any atom is -0.352 e. The molecular weight excluding hydrogens is 248 g/mol. The number of aryl methyl sites for hydroxylation is 1. The first-order valence-electron chi connectivity index (χ1n) is 7.76. The van der Waals surface area contributed by atoms with Crippen molar-refractivity contribution in [1.29, 1.82) is 0 Å². The Morgan fingerprint density at radius 1 is 1.35 bits per heavy atom. The van der Waals surface area contributed by atoms with Gasteiger partial charge >= 0.3 is 0 Å². The summed E-state index contributed by atoms with van der Waals surface area (Å²) in [4.78, 5) is 12.2. The molecule has 20 heavy (non-hydrogen) atoms. The lowest BCUT2D eigenvalue weighted by molar-refractivity contribution is -0.123. The molecule has 3 heteroatoms. The summed E-state index contributed by atoms with van der Waals surface area (Å²) in [6.45, 7) is 6.16. The zero-order chi connectivity index (χ0) is 14.5. The third-order valence-electron chi connectivity index (χ3n) is 4.09. The van der Waals surface area contributed by atoms with Crippen LogP contribution in [0.1, 0.15) is 57.2 Å². The molecule has 3 atom stereocenters. The van der Waals surface area contributed by atoms with E-state index in [2.05, 4.69) is 48.7 Å². The summed E-state index contributed by atoms with van der Waals surface area (Å²) < 4.78 is 0. The second-order valence-electron chi connectivity index (χ2n) is 5.88. The van der Waals surface area contributed by atoms with E-state index < -0.39 is 0 Å². The van der Waals surface area contributed by atoms with E-state index in [1.807, 2.05) is 6.92 Å². The highest BCUT2D eigenvalue weighted by atomic mass is 16.2. The highest BCUT2D eigenvalue weighted by Gasteiger charge is 2.25. The Balaban J connectivity index is 1.89. The smallest absolute Gasteiger partial charge is 0.237 e. The number of nitrogens with one attached hydrogen (secondary N) is 2. The summed E-state index contributed by atoms with van der Waals surface area (Å²) >= 11 is 0. The molecule has 0 fully saturated rings. The highest BCUT2D eigenvalue weighted by Crippen LogP contribution is 2.30. The molecule has 3 unspecified atom stereocenters. The highest BCUT2D eigenvalue weighted by molar-refractivity contribution is 5.81. The largest absolute Gasteiger partial charge is 0.352 e. The van der Waals surface area contributed by atoms with Crippen molar-refractivity contribution in [2.75, 3.05) is 0 Å². The van der Waals surface area contributed by atoms with Crippen molar-refractivity contribution in [1.82, 2.24) is 10.6 Å². The lowest BCUT2D eigenvalue weighted by Gasteiger charge is -2.22. The molecule has 110 valence electrons. The van der Waals surface area contributed by atoms with Crippen LogP contribution in [-0.2, 0) is 11.2 Å². The zero-order valence-corrected chi connectivity index (χ0v) is 12.8. The van der Waals surface area contributed by atoms with E-state index in [0.717, 1.165) is 25.7 Å². The molecule has 3 nitrogen and oxygen atoms in total. The molecule has 0 aromatic heterocycles. The van der Waals surface area contributed by atoms with Gasteiger partial charge in [0.1, 0.15) is 0 Å². The van der Waals surface area contributed by atoms with Gasteiger partial charge < -0.3 is 5.32 Å². The third-order valence-corrected chi connectivity index (χ3v) is 4.09. The van der Waals surface area contributed by atoms with Crippen LogP contribution in [-0.4, -0.2) is 18.0 Å². The summed E-state index contributed by atoms with van der Waals surface area (Å²) in [6.07, 6.45) is 4.32. The Hall–Kier alpha value is -1.35. The minimum atomic E-state index is -0.148. The fourth-order valence-electron chi connectivity index (χ4n) is 2.98. The number of benzene rings is 1. The molecule has 0 heterocycles. The molecule has 0 spiro atoms. The molecular formula is C17H26N2O. The second kappa shape index (κ2) is 6.89. The van der Waals surface area contributed by atoms with Crippen LogP contribution >= 0.6 is 0 Å². The molecule has 2 rings (SSSR count). The van der Waals surface area contributed by atoms with Gasteiger partial charge in [0.2, 0.25) is 5.91 Å². The molecule has 0 aliphatic heterocycles. The van der Waals surface area contributed by atoms with E-state index in [4.69, 9.17) is 0 Å². The van der Waals surface area contributed by atoms with E-state index in [0.29, 0.717) is 6.04 Å². The van der Waals surface area contributed by atoms with Crippen LogP contribution in [0, 0.1) is 0 Å². The quantitative estimate of drug-likeness (QED) is 0.837. The Morgan fingerprint density at radius 3 is 2.85 bits per heavy atom. The molecule has 1 amide bonds. The van der Waals surface area contributed by atoms with Crippen LogP contribution in [0.25, 0.3) is 0 Å². The van der Waals surface area contributed by atoms with Gasteiger partial charge in [0.25, 0.3) is 0 Å². The predicted octanol–water partition coefficient (Wildman–Crippen LogP) is 2.96. The van der Waals surface area contributed by atoms with Crippen LogP contribution < -0.4 is 10.6 Å². The SMILES string of the molecule is CCCC(C)NC(=O)C(C)NC1CCc2ccccc21. The maximum Gasteiger partial charge on any atom is 0.237 e. The van der Waals surface area contributed by atoms with Gasteiger partial charge in [-0.2, -0.15) is 0 Å². The van der Waals surface area contributed by atoms with Crippen molar-refractivity contribution in [2.45, 2.75) is 64.6 Å². The molecule has 0 saturated heterocycles. The monoisotopic (exact) mass is 274 g/mol. The fraction of sp³-hybridized carbons (Fsp3) is 0.588. The number of hydrogen-bond donors (Lipinski definition) is 2.